The Kier molecular flexibility index (Phi) is 11.1. The Morgan fingerprint density at radius 3 is 2.70 bits per heavy atom. The Balaban J connectivity index is 1.84. The summed E-state index contributed by atoms with van der Waals surface area (Å²) < 4.78 is 7.25. The van der Waals surface area contributed by atoms with Crippen LogP contribution in [0.25, 0.3) is 0 Å². The van der Waals surface area contributed by atoms with Crippen LogP contribution in [0, 0.1) is 0 Å². The van der Waals surface area contributed by atoms with E-state index in [-0.39, 0.29) is 18.0 Å². The van der Waals surface area contributed by atoms with Crippen molar-refractivity contribution >= 4 is 43.5 Å². The van der Waals surface area contributed by atoms with Gasteiger partial charge in [-0.05, 0) is 95.3 Å². The van der Waals surface area contributed by atoms with Crippen LogP contribution >= 0.6 is 31.9 Å². The van der Waals surface area contributed by atoms with E-state index in [1.807, 2.05) is 12.1 Å². The van der Waals surface area contributed by atoms with Crippen molar-refractivity contribution in [3.05, 3.63) is 26.6 Å². The smallest absolute Gasteiger partial charge is 0.269 e. The SMILES string of the molecule is CC1CCCCN1CCCNC(=O)C(Cc1cc(Br)c(OCCCN)c(Br)c1)=NO. The fraction of sp³-hybridized carbons (Fsp3) is 0.619. The molecule has 1 saturated heterocycles. The van der Waals surface area contributed by atoms with Crippen molar-refractivity contribution in [3.63, 3.8) is 0 Å². The van der Waals surface area contributed by atoms with Crippen LogP contribution in [0.15, 0.2) is 26.2 Å². The third-order valence-corrected chi connectivity index (χ3v) is 6.43. The van der Waals surface area contributed by atoms with Crippen LogP contribution in [0.4, 0.5) is 0 Å². The molecule has 0 spiro atoms. The van der Waals surface area contributed by atoms with Crippen LogP contribution in [0.3, 0.4) is 0 Å². The van der Waals surface area contributed by atoms with Gasteiger partial charge >= 0.3 is 0 Å². The normalized spacial score (nSPS) is 17.7. The summed E-state index contributed by atoms with van der Waals surface area (Å²) in [6.07, 6.45) is 5.65. The lowest BCUT2D eigenvalue weighted by molar-refractivity contribution is -0.115. The summed E-state index contributed by atoms with van der Waals surface area (Å²) in [5, 5.41) is 15.4. The number of likely N-dealkylation sites (tertiary alicyclic amines) is 1. The van der Waals surface area contributed by atoms with Gasteiger partial charge in [0, 0.05) is 25.6 Å². The van der Waals surface area contributed by atoms with Gasteiger partial charge in [0.05, 0.1) is 15.6 Å². The molecule has 4 N–H and O–H groups in total. The molecule has 2 rings (SSSR count). The van der Waals surface area contributed by atoms with Gasteiger partial charge in [-0.3, -0.25) is 4.79 Å². The van der Waals surface area contributed by atoms with Crippen molar-refractivity contribution in [1.82, 2.24) is 10.2 Å². The summed E-state index contributed by atoms with van der Waals surface area (Å²) >= 11 is 7.00. The predicted molar refractivity (Wildman–Crippen MR) is 126 cm³/mol. The topological polar surface area (TPSA) is 100 Å². The first kappa shape index (κ1) is 25.1. The van der Waals surface area contributed by atoms with Crippen LogP contribution in [-0.2, 0) is 11.2 Å². The number of nitrogens with two attached hydrogens (primary N) is 1. The number of hydrogen-bond donors (Lipinski definition) is 3. The van der Waals surface area contributed by atoms with Gasteiger partial charge in [0.1, 0.15) is 11.5 Å². The highest BCUT2D eigenvalue weighted by atomic mass is 79.9. The zero-order valence-electron chi connectivity index (χ0n) is 17.5. The largest absolute Gasteiger partial charge is 0.491 e. The molecule has 1 unspecified atom stereocenters. The molecular formula is C21H32Br2N4O3. The van der Waals surface area contributed by atoms with E-state index in [4.69, 9.17) is 10.5 Å². The van der Waals surface area contributed by atoms with E-state index >= 15 is 0 Å². The van der Waals surface area contributed by atoms with Crippen LogP contribution in [0.5, 0.6) is 5.75 Å². The minimum atomic E-state index is -0.347. The number of hydrogen-bond acceptors (Lipinski definition) is 6. The van der Waals surface area contributed by atoms with Crippen molar-refractivity contribution < 1.29 is 14.7 Å². The Hall–Kier alpha value is -1.16. The lowest BCUT2D eigenvalue weighted by Gasteiger charge is -2.33. The molecule has 0 bridgehead atoms. The Bertz CT molecular complexity index is 707. The van der Waals surface area contributed by atoms with E-state index in [2.05, 4.69) is 54.2 Å². The highest BCUT2D eigenvalue weighted by Gasteiger charge is 2.18. The van der Waals surface area contributed by atoms with E-state index in [0.29, 0.717) is 31.5 Å². The standard InChI is InChI=1S/C21H32Br2N4O3/c1-15-6-2-3-9-27(15)10-5-8-25-21(28)19(26-29)14-16-12-17(22)20(18(23)13-16)30-11-4-7-24/h12-13,15,29H,2-11,14,24H2,1H3,(H,25,28). The second-order valence-corrected chi connectivity index (χ2v) is 9.30. The number of carbonyl (C=O) groups excluding carboxylic acids is 1. The van der Waals surface area contributed by atoms with Crippen molar-refractivity contribution in [2.45, 2.75) is 51.5 Å². The molecule has 1 heterocycles. The van der Waals surface area contributed by atoms with Gasteiger partial charge in [-0.25, -0.2) is 0 Å². The number of piperidine rings is 1. The second-order valence-electron chi connectivity index (χ2n) is 7.59. The number of amides is 1. The summed E-state index contributed by atoms with van der Waals surface area (Å²) in [6, 6.07) is 4.33. The lowest BCUT2D eigenvalue weighted by Crippen LogP contribution is -2.40. The first-order valence-electron chi connectivity index (χ1n) is 10.5. The van der Waals surface area contributed by atoms with Gasteiger partial charge in [0.2, 0.25) is 0 Å². The van der Waals surface area contributed by atoms with E-state index in [1.165, 1.54) is 19.3 Å². The molecule has 30 heavy (non-hydrogen) atoms. The number of nitrogens with one attached hydrogen (secondary N) is 1. The maximum absolute atomic E-state index is 12.4. The zero-order valence-corrected chi connectivity index (χ0v) is 20.7. The minimum Gasteiger partial charge on any atom is -0.491 e. The molecule has 1 aliphatic heterocycles. The molecule has 0 radical (unpaired) electrons. The molecule has 168 valence electrons. The molecule has 0 aromatic heterocycles. The number of ether oxygens (including phenoxy) is 1. The fourth-order valence-electron chi connectivity index (χ4n) is 3.54. The van der Waals surface area contributed by atoms with Gasteiger partial charge in [-0.2, -0.15) is 0 Å². The van der Waals surface area contributed by atoms with E-state index < -0.39 is 0 Å². The number of rotatable bonds is 11. The highest BCUT2D eigenvalue weighted by molar-refractivity contribution is 9.11. The Morgan fingerprint density at radius 2 is 2.07 bits per heavy atom. The van der Waals surface area contributed by atoms with Gasteiger partial charge in [0.25, 0.3) is 5.91 Å². The summed E-state index contributed by atoms with van der Waals surface area (Å²) in [4.78, 5) is 14.9. The maximum atomic E-state index is 12.4. The second kappa shape index (κ2) is 13.3. The number of halogens is 2. The molecular weight excluding hydrogens is 516 g/mol. The average molecular weight is 548 g/mol. The third-order valence-electron chi connectivity index (χ3n) is 5.26. The Morgan fingerprint density at radius 1 is 1.33 bits per heavy atom. The molecule has 7 nitrogen and oxygen atoms in total. The van der Waals surface area contributed by atoms with E-state index in [1.54, 1.807) is 0 Å². The van der Waals surface area contributed by atoms with Crippen molar-refractivity contribution in [2.24, 2.45) is 10.9 Å². The fourth-order valence-corrected chi connectivity index (χ4v) is 5.05. The monoisotopic (exact) mass is 546 g/mol. The van der Waals surface area contributed by atoms with Crippen LogP contribution in [-0.4, -0.2) is 60.6 Å². The third kappa shape index (κ3) is 7.83. The molecule has 1 fully saturated rings. The number of oxime groups is 1. The van der Waals surface area contributed by atoms with E-state index in [0.717, 1.165) is 40.4 Å². The molecule has 1 aromatic carbocycles. The summed E-state index contributed by atoms with van der Waals surface area (Å²) in [5.74, 6) is 0.339. The average Bonchev–Trinajstić information content (AvgIpc) is 2.72. The number of benzene rings is 1. The number of carbonyl (C=O) groups is 1. The van der Waals surface area contributed by atoms with Crippen molar-refractivity contribution in [3.8, 4) is 5.75 Å². The zero-order chi connectivity index (χ0) is 21.9. The summed E-state index contributed by atoms with van der Waals surface area (Å²) in [6.45, 7) is 6.01. The van der Waals surface area contributed by atoms with Crippen molar-refractivity contribution in [1.29, 1.82) is 0 Å². The quantitative estimate of drug-likeness (QED) is 0.170. The minimum absolute atomic E-state index is 0.0805. The molecule has 0 saturated carbocycles. The van der Waals surface area contributed by atoms with E-state index in [9.17, 15) is 10.0 Å². The molecule has 1 amide bonds. The molecule has 0 aliphatic carbocycles. The van der Waals surface area contributed by atoms with Gasteiger partial charge < -0.3 is 25.9 Å². The van der Waals surface area contributed by atoms with Crippen LogP contribution in [0.2, 0.25) is 0 Å². The van der Waals surface area contributed by atoms with Crippen LogP contribution in [0.1, 0.15) is 44.6 Å². The summed E-state index contributed by atoms with van der Waals surface area (Å²) in [7, 11) is 0. The van der Waals surface area contributed by atoms with Gasteiger partial charge in [0.15, 0.2) is 0 Å². The lowest BCUT2D eigenvalue weighted by atomic mass is 10.0. The molecule has 1 atom stereocenters. The summed E-state index contributed by atoms with van der Waals surface area (Å²) in [5.41, 5.74) is 6.40. The van der Waals surface area contributed by atoms with Gasteiger partial charge in [-0.15, -0.1) is 0 Å². The van der Waals surface area contributed by atoms with Crippen molar-refractivity contribution in [2.75, 3.05) is 32.8 Å². The first-order valence-corrected chi connectivity index (χ1v) is 12.1. The molecule has 1 aliphatic rings. The molecule has 9 heteroatoms. The Labute approximate surface area is 195 Å². The highest BCUT2D eigenvalue weighted by Crippen LogP contribution is 2.35. The van der Waals surface area contributed by atoms with Crippen LogP contribution < -0.4 is 15.8 Å². The number of nitrogens with zero attached hydrogens (tertiary/aromatic N) is 2. The maximum Gasteiger partial charge on any atom is 0.269 e. The molecule has 1 aromatic rings. The van der Waals surface area contributed by atoms with Gasteiger partial charge in [-0.1, -0.05) is 11.6 Å². The first-order chi connectivity index (χ1) is 14.5. The predicted octanol–water partition coefficient (Wildman–Crippen LogP) is 3.69.